The van der Waals surface area contributed by atoms with E-state index in [0.717, 1.165) is 0 Å². The van der Waals surface area contributed by atoms with Gasteiger partial charge in [0.15, 0.2) is 0 Å². The molecule has 0 fully saturated rings. The molecule has 0 N–H and O–H groups in total. The number of hydrogen-bond donors (Lipinski definition) is 0. The Balaban J connectivity index is 0. The molecule has 0 aromatic carbocycles. The van der Waals surface area contributed by atoms with Gasteiger partial charge in [0, 0.05) is 37.7 Å². The molecule has 0 aliphatic carbocycles. The SMILES string of the molecule is [Ar].[In+3].[In+3].[O-2].[O-2].[O-2]. The smallest absolute Gasteiger partial charge is 2.00 e. The summed E-state index contributed by atoms with van der Waals surface area (Å²) in [6.45, 7) is 0. The monoisotopic (exact) mass is 318 g/mol. The molecule has 0 rings (SSSR count). The summed E-state index contributed by atoms with van der Waals surface area (Å²) in [5.41, 5.74) is 0. The molecule has 0 aromatic heterocycles. The van der Waals surface area contributed by atoms with Crippen molar-refractivity contribution in [2.24, 2.45) is 0 Å². The maximum absolute atomic E-state index is 0. The molecule has 0 amide bonds. The average Bonchev–Trinajstić information content (AvgIpc) is 0. The summed E-state index contributed by atoms with van der Waals surface area (Å²) in [5.74, 6) is 0. The normalized spacial score (nSPS) is 0. The van der Waals surface area contributed by atoms with Crippen molar-refractivity contribution in [2.45, 2.75) is 0 Å². The van der Waals surface area contributed by atoms with Gasteiger partial charge >= 0.3 is 51.7 Å². The summed E-state index contributed by atoms with van der Waals surface area (Å²) in [7, 11) is 0. The van der Waals surface area contributed by atoms with Crippen LogP contribution >= 0.6 is 0 Å². The quantitative estimate of drug-likeness (QED) is 0.542. The van der Waals surface area contributed by atoms with Gasteiger partial charge in [0.1, 0.15) is 0 Å². The van der Waals surface area contributed by atoms with Gasteiger partial charge in [-0.1, -0.05) is 0 Å². The van der Waals surface area contributed by atoms with E-state index < -0.39 is 0 Å². The fourth-order valence-corrected chi connectivity index (χ4v) is 0. The molecule has 0 spiro atoms. The van der Waals surface area contributed by atoms with Gasteiger partial charge in [-0.2, -0.15) is 0 Å². The molecule has 0 saturated heterocycles. The van der Waals surface area contributed by atoms with Gasteiger partial charge < -0.3 is 16.4 Å². The summed E-state index contributed by atoms with van der Waals surface area (Å²) in [6, 6.07) is 0. The van der Waals surface area contributed by atoms with Crippen LogP contribution in [0.25, 0.3) is 0 Å². The van der Waals surface area contributed by atoms with Crippen molar-refractivity contribution in [1.82, 2.24) is 0 Å². The molecule has 0 aromatic rings. The van der Waals surface area contributed by atoms with E-state index in [1.165, 1.54) is 0 Å². The molecule has 0 saturated carbocycles. The van der Waals surface area contributed by atoms with Crippen LogP contribution in [0.5, 0.6) is 0 Å². The van der Waals surface area contributed by atoms with Crippen molar-refractivity contribution in [3.8, 4) is 0 Å². The Morgan fingerprint density at radius 2 is 0.500 bits per heavy atom. The first-order valence-electron chi connectivity index (χ1n) is 0. The molecule has 0 radical (unpaired) electrons. The third-order valence-corrected chi connectivity index (χ3v) is 0. The molecular weight excluding hydrogens is 318 g/mol. The van der Waals surface area contributed by atoms with E-state index in [1.807, 2.05) is 0 Å². The maximum Gasteiger partial charge on any atom is 3.00 e. The fraction of sp³-hybridized carbons (Fsp3) is 0. The van der Waals surface area contributed by atoms with Crippen LogP contribution in [-0.4, -0.2) is 51.7 Å². The van der Waals surface area contributed by atoms with Crippen LogP contribution in [0.3, 0.4) is 0 Å². The van der Waals surface area contributed by atoms with E-state index in [0.29, 0.717) is 0 Å². The van der Waals surface area contributed by atoms with Crippen molar-refractivity contribution in [3.05, 3.63) is 0 Å². The Labute approximate surface area is 104 Å². The Hall–Kier alpha value is 2.88. The molecule has 0 aliphatic rings. The predicted molar refractivity (Wildman–Crippen MR) is 13.6 cm³/mol. The molecule has 32 valence electrons. The van der Waals surface area contributed by atoms with E-state index in [2.05, 4.69) is 0 Å². The molecule has 0 atom stereocenters. The molecule has 3 nitrogen and oxygen atoms in total. The van der Waals surface area contributed by atoms with Crippen LogP contribution < -0.4 is 0 Å². The third-order valence-electron chi connectivity index (χ3n) is 0. The molecule has 0 bridgehead atoms. The summed E-state index contributed by atoms with van der Waals surface area (Å²) in [4.78, 5) is 0. The van der Waals surface area contributed by atoms with Crippen molar-refractivity contribution < 1.29 is 54.2 Å². The topological polar surface area (TPSA) is 85.5 Å². The Kier molecular flexibility index (Phi) is 498. The van der Waals surface area contributed by atoms with Gasteiger partial charge in [-0.05, 0) is 0 Å². The first-order valence-corrected chi connectivity index (χ1v) is 0. The molecule has 0 aliphatic heterocycles. The average molecular weight is 318 g/mol. The maximum atomic E-state index is 0. The van der Waals surface area contributed by atoms with Gasteiger partial charge in [-0.15, -0.1) is 0 Å². The van der Waals surface area contributed by atoms with Crippen molar-refractivity contribution >= 4 is 51.7 Å². The molecule has 6 heavy (non-hydrogen) atoms. The first kappa shape index (κ1) is 66.5. The zero-order valence-electron chi connectivity index (χ0n) is 2.73. The minimum atomic E-state index is 0. The number of rotatable bonds is 0. The van der Waals surface area contributed by atoms with Crippen LogP contribution in [0.2, 0.25) is 0 Å². The van der Waals surface area contributed by atoms with Gasteiger partial charge in [0.2, 0.25) is 0 Å². The van der Waals surface area contributed by atoms with Crippen LogP contribution in [0.4, 0.5) is 0 Å². The van der Waals surface area contributed by atoms with Crippen molar-refractivity contribution in [3.63, 3.8) is 0 Å². The summed E-state index contributed by atoms with van der Waals surface area (Å²) in [6.07, 6.45) is 0. The van der Waals surface area contributed by atoms with E-state index in [9.17, 15) is 0 Å². The van der Waals surface area contributed by atoms with Gasteiger partial charge in [-0.25, -0.2) is 0 Å². The Morgan fingerprint density at radius 1 is 0.500 bits per heavy atom. The van der Waals surface area contributed by atoms with E-state index in [1.54, 1.807) is 0 Å². The minimum Gasteiger partial charge on any atom is -2.00 e. The number of hydrogen-bond acceptors (Lipinski definition) is 0. The van der Waals surface area contributed by atoms with E-state index in [-0.39, 0.29) is 106 Å². The standard InChI is InChI=1S/Ar.2In.3O/q;2*+3;3*-2. The second-order valence-corrected chi connectivity index (χ2v) is 0. The van der Waals surface area contributed by atoms with Gasteiger partial charge in [0.05, 0.1) is 0 Å². The molecule has 6 heteroatoms. The van der Waals surface area contributed by atoms with E-state index >= 15 is 0 Å². The minimum absolute atomic E-state index is 0. The van der Waals surface area contributed by atoms with Crippen molar-refractivity contribution in [2.75, 3.05) is 0 Å². The van der Waals surface area contributed by atoms with Crippen LogP contribution in [0.15, 0.2) is 0 Å². The second kappa shape index (κ2) is 45.0. The summed E-state index contributed by atoms with van der Waals surface area (Å²) in [5, 5.41) is 0. The fourth-order valence-electron chi connectivity index (χ4n) is 0. The van der Waals surface area contributed by atoms with Gasteiger partial charge in [-0.3, -0.25) is 0 Å². The molecule has 0 heterocycles. The molecule has 0 unspecified atom stereocenters. The molecular formula is ArIn2O3. The first-order chi connectivity index (χ1) is 0. The zero-order chi connectivity index (χ0) is 0. The third kappa shape index (κ3) is 28.7. The Morgan fingerprint density at radius 3 is 0.500 bits per heavy atom. The van der Waals surface area contributed by atoms with Crippen molar-refractivity contribution in [1.29, 1.82) is 0 Å². The van der Waals surface area contributed by atoms with Crippen LogP contribution in [0, 0.1) is 37.7 Å². The van der Waals surface area contributed by atoms with Gasteiger partial charge in [0.25, 0.3) is 0 Å². The largest absolute Gasteiger partial charge is 3.00 e. The van der Waals surface area contributed by atoms with E-state index in [4.69, 9.17) is 0 Å². The second-order valence-electron chi connectivity index (χ2n) is 0. The summed E-state index contributed by atoms with van der Waals surface area (Å²) < 4.78 is 0. The van der Waals surface area contributed by atoms with Crippen LogP contribution in [0.1, 0.15) is 0 Å². The summed E-state index contributed by atoms with van der Waals surface area (Å²) >= 11 is 0. The zero-order valence-corrected chi connectivity index (χ0v) is 10.0. The predicted octanol–water partition coefficient (Wildman–Crippen LogP) is -1.12. The van der Waals surface area contributed by atoms with Crippen LogP contribution in [-0.2, 0) is 16.4 Å². The Bertz CT molecular complexity index is 8.75.